The van der Waals surface area contributed by atoms with E-state index in [1.54, 1.807) is 12.3 Å². The molecule has 0 bridgehead atoms. The van der Waals surface area contributed by atoms with Gasteiger partial charge in [0.2, 0.25) is 0 Å². The third-order valence-electron chi connectivity index (χ3n) is 2.55. The summed E-state index contributed by atoms with van der Waals surface area (Å²) < 4.78 is 13.0. The molecule has 0 radical (unpaired) electrons. The Morgan fingerprint density at radius 3 is 2.73 bits per heavy atom. The molecule has 2 heteroatoms. The van der Waals surface area contributed by atoms with Gasteiger partial charge in [0, 0.05) is 23.0 Å². The van der Waals surface area contributed by atoms with Crippen LogP contribution in [0.3, 0.4) is 0 Å². The van der Waals surface area contributed by atoms with Gasteiger partial charge in [-0.25, -0.2) is 4.39 Å². The number of nitrogens with zero attached hydrogens (tertiary/aromatic N) is 1. The van der Waals surface area contributed by atoms with E-state index in [0.717, 1.165) is 16.2 Å². The molecule has 3 rings (SSSR count). The van der Waals surface area contributed by atoms with Gasteiger partial charge in [-0.15, -0.1) is 0 Å². The van der Waals surface area contributed by atoms with Crippen molar-refractivity contribution in [1.82, 2.24) is 4.98 Å². The number of aromatic nitrogens is 1. The molecule has 1 heterocycles. The molecule has 15 heavy (non-hydrogen) atoms. The number of rotatable bonds is 0. The highest BCUT2D eigenvalue weighted by Crippen LogP contribution is 2.23. The summed E-state index contributed by atoms with van der Waals surface area (Å²) in [6.07, 6.45) is 1.77. The monoisotopic (exact) mass is 197 g/mol. The number of hydrogen-bond donors (Lipinski definition) is 0. The van der Waals surface area contributed by atoms with Gasteiger partial charge in [-0.1, -0.05) is 24.3 Å². The van der Waals surface area contributed by atoms with Crippen LogP contribution in [0, 0.1) is 5.82 Å². The highest BCUT2D eigenvalue weighted by atomic mass is 19.1. The Labute approximate surface area is 86.2 Å². The largest absolute Gasteiger partial charge is 0.255 e. The molecule has 0 fully saturated rings. The van der Waals surface area contributed by atoms with Gasteiger partial charge < -0.3 is 0 Å². The van der Waals surface area contributed by atoms with Gasteiger partial charge in [0.15, 0.2) is 0 Å². The van der Waals surface area contributed by atoms with Crippen LogP contribution < -0.4 is 0 Å². The predicted molar refractivity (Wildman–Crippen MR) is 59.2 cm³/mol. The summed E-state index contributed by atoms with van der Waals surface area (Å²) in [6.45, 7) is 0. The molecule has 0 amide bonds. The Bertz CT molecular complexity index is 646. The highest BCUT2D eigenvalue weighted by Gasteiger charge is 2.01. The van der Waals surface area contributed by atoms with Crippen molar-refractivity contribution in [1.29, 1.82) is 0 Å². The Morgan fingerprint density at radius 1 is 0.933 bits per heavy atom. The smallest absolute Gasteiger partial charge is 0.125 e. The van der Waals surface area contributed by atoms with Gasteiger partial charge in [-0.3, -0.25) is 4.98 Å². The van der Waals surface area contributed by atoms with Crippen LogP contribution in [0.1, 0.15) is 0 Å². The van der Waals surface area contributed by atoms with E-state index in [1.807, 2.05) is 24.3 Å². The molecule has 72 valence electrons. The number of halogens is 1. The third kappa shape index (κ3) is 1.26. The van der Waals surface area contributed by atoms with Crippen molar-refractivity contribution in [2.45, 2.75) is 0 Å². The number of pyridine rings is 1. The van der Waals surface area contributed by atoms with Crippen molar-refractivity contribution in [2.24, 2.45) is 0 Å². The predicted octanol–water partition coefficient (Wildman–Crippen LogP) is 3.53. The van der Waals surface area contributed by atoms with Crippen LogP contribution in [0.2, 0.25) is 0 Å². The molecule has 0 saturated heterocycles. The molecule has 2 aromatic carbocycles. The molecule has 1 nitrogen and oxygen atoms in total. The lowest BCUT2D eigenvalue weighted by Crippen LogP contribution is -1.83. The summed E-state index contributed by atoms with van der Waals surface area (Å²) in [5.74, 6) is -0.245. The van der Waals surface area contributed by atoms with E-state index >= 15 is 0 Å². The zero-order chi connectivity index (χ0) is 10.3. The minimum atomic E-state index is -0.245. The Kier molecular flexibility index (Phi) is 1.68. The molecule has 0 unspecified atom stereocenters. The first-order valence-corrected chi connectivity index (χ1v) is 4.77. The van der Waals surface area contributed by atoms with Crippen molar-refractivity contribution >= 4 is 21.7 Å². The number of fused-ring (bicyclic) bond motifs is 3. The molecule has 0 N–H and O–H groups in total. The van der Waals surface area contributed by atoms with Crippen LogP contribution in [0.15, 0.2) is 48.7 Å². The van der Waals surface area contributed by atoms with Crippen LogP contribution in [-0.4, -0.2) is 4.98 Å². The van der Waals surface area contributed by atoms with Crippen LogP contribution in [0.25, 0.3) is 21.7 Å². The summed E-state index contributed by atoms with van der Waals surface area (Å²) in [4.78, 5) is 4.23. The quantitative estimate of drug-likeness (QED) is 0.502. The molecule has 1 aromatic heterocycles. The first-order valence-electron chi connectivity index (χ1n) is 4.77. The second-order valence-electron chi connectivity index (χ2n) is 3.51. The maximum Gasteiger partial charge on any atom is 0.125 e. The summed E-state index contributed by atoms with van der Waals surface area (Å²) in [5.41, 5.74) is 0.703. The normalized spacial score (nSPS) is 11.0. The minimum Gasteiger partial charge on any atom is -0.255 e. The second-order valence-corrected chi connectivity index (χ2v) is 3.51. The van der Waals surface area contributed by atoms with Crippen molar-refractivity contribution < 1.29 is 4.39 Å². The van der Waals surface area contributed by atoms with E-state index in [0.29, 0.717) is 5.52 Å². The number of benzene rings is 2. The Balaban J connectivity index is 2.55. The zero-order valence-corrected chi connectivity index (χ0v) is 7.94. The van der Waals surface area contributed by atoms with Crippen LogP contribution >= 0.6 is 0 Å². The van der Waals surface area contributed by atoms with E-state index in [1.165, 1.54) is 12.1 Å². The van der Waals surface area contributed by atoms with Crippen molar-refractivity contribution in [3.05, 3.63) is 54.5 Å². The maximum absolute atomic E-state index is 13.0. The first kappa shape index (κ1) is 8.36. The van der Waals surface area contributed by atoms with E-state index < -0.39 is 0 Å². The number of hydrogen-bond acceptors (Lipinski definition) is 1. The fraction of sp³-hybridized carbons (Fsp3) is 0. The van der Waals surface area contributed by atoms with Gasteiger partial charge >= 0.3 is 0 Å². The fourth-order valence-corrected chi connectivity index (χ4v) is 1.83. The Morgan fingerprint density at radius 2 is 1.80 bits per heavy atom. The molecule has 0 aliphatic carbocycles. The average Bonchev–Trinajstić information content (AvgIpc) is 2.28. The first-order chi connectivity index (χ1) is 7.34. The molecule has 0 saturated carbocycles. The van der Waals surface area contributed by atoms with E-state index in [2.05, 4.69) is 4.98 Å². The van der Waals surface area contributed by atoms with E-state index in [4.69, 9.17) is 0 Å². The standard InChI is InChI=1S/C13H8FN/c14-10-5-6-12-11-4-2-1-3-9(11)8-15-13(12)7-10/h1-8H. The van der Waals surface area contributed by atoms with E-state index in [-0.39, 0.29) is 5.82 Å². The molecular formula is C13H8FN. The minimum absolute atomic E-state index is 0.245. The average molecular weight is 197 g/mol. The molecule has 0 spiro atoms. The lowest BCUT2D eigenvalue weighted by atomic mass is 10.1. The van der Waals surface area contributed by atoms with Gasteiger partial charge in [0.25, 0.3) is 0 Å². The maximum atomic E-state index is 13.0. The van der Waals surface area contributed by atoms with Crippen molar-refractivity contribution in [3.63, 3.8) is 0 Å². The zero-order valence-electron chi connectivity index (χ0n) is 7.94. The summed E-state index contributed by atoms with van der Waals surface area (Å²) in [7, 11) is 0. The summed E-state index contributed by atoms with van der Waals surface area (Å²) in [6, 6.07) is 12.7. The Hall–Kier alpha value is -1.96. The molecule has 0 aliphatic rings. The lowest BCUT2D eigenvalue weighted by Gasteiger charge is -2.02. The van der Waals surface area contributed by atoms with Gasteiger partial charge in [0.1, 0.15) is 5.82 Å². The fourth-order valence-electron chi connectivity index (χ4n) is 1.83. The van der Waals surface area contributed by atoms with Crippen molar-refractivity contribution in [2.75, 3.05) is 0 Å². The summed E-state index contributed by atoms with van der Waals surface area (Å²) >= 11 is 0. The lowest BCUT2D eigenvalue weighted by molar-refractivity contribution is 0.629. The van der Waals surface area contributed by atoms with Gasteiger partial charge in [-0.05, 0) is 17.5 Å². The molecule has 3 aromatic rings. The van der Waals surface area contributed by atoms with E-state index in [9.17, 15) is 4.39 Å². The SMILES string of the molecule is Fc1ccc2c(c1)ncc1ccccc12. The summed E-state index contributed by atoms with van der Waals surface area (Å²) in [5, 5.41) is 3.19. The van der Waals surface area contributed by atoms with Crippen molar-refractivity contribution in [3.8, 4) is 0 Å². The van der Waals surface area contributed by atoms with Gasteiger partial charge in [0.05, 0.1) is 5.52 Å². The second kappa shape index (κ2) is 3.02. The molecule has 0 atom stereocenters. The molecule has 0 aliphatic heterocycles. The topological polar surface area (TPSA) is 12.9 Å². The molecular weight excluding hydrogens is 189 g/mol. The highest BCUT2D eigenvalue weighted by molar-refractivity contribution is 6.05. The third-order valence-corrected chi connectivity index (χ3v) is 2.55. The van der Waals surface area contributed by atoms with Crippen LogP contribution in [-0.2, 0) is 0 Å². The van der Waals surface area contributed by atoms with Crippen LogP contribution in [0.4, 0.5) is 4.39 Å². The van der Waals surface area contributed by atoms with Crippen LogP contribution in [0.5, 0.6) is 0 Å². The van der Waals surface area contributed by atoms with Gasteiger partial charge in [-0.2, -0.15) is 0 Å².